The number of carboxylic acid groups (broad SMARTS) is 1. The van der Waals surface area contributed by atoms with Gasteiger partial charge in [-0.3, -0.25) is 9.59 Å². The quantitative estimate of drug-likeness (QED) is 0.330. The van der Waals surface area contributed by atoms with E-state index in [1.54, 1.807) is 0 Å². The van der Waals surface area contributed by atoms with Gasteiger partial charge in [-0.1, -0.05) is 5.16 Å². The molecule has 2 amide bonds. The van der Waals surface area contributed by atoms with Crippen LogP contribution in [0.1, 0.15) is 5.69 Å². The lowest BCUT2D eigenvalue weighted by Gasteiger charge is -1.98. The van der Waals surface area contributed by atoms with Crippen LogP contribution in [0.5, 0.6) is 0 Å². The molecule has 0 spiro atoms. The second-order valence-corrected chi connectivity index (χ2v) is 3.64. The van der Waals surface area contributed by atoms with E-state index < -0.39 is 24.2 Å². The molecule has 0 bridgehead atoms. The third kappa shape index (κ3) is 3.83. The van der Waals surface area contributed by atoms with Gasteiger partial charge in [-0.05, 0) is 0 Å². The van der Waals surface area contributed by atoms with Gasteiger partial charge in [0.1, 0.15) is 5.69 Å². The van der Waals surface area contributed by atoms with E-state index in [1.807, 2.05) is 0 Å². The third-order valence-corrected chi connectivity index (χ3v) is 2.27. The zero-order chi connectivity index (χ0) is 13.5. The molecule has 1 aromatic heterocycles. The van der Waals surface area contributed by atoms with Gasteiger partial charge in [0.25, 0.3) is 5.91 Å². The van der Waals surface area contributed by atoms with Crippen LogP contribution in [0.2, 0.25) is 0 Å². The van der Waals surface area contributed by atoms with Crippen molar-refractivity contribution in [3.05, 3.63) is 11.1 Å². The summed E-state index contributed by atoms with van der Waals surface area (Å²) in [5.41, 5.74) is 4.30. The Kier molecular flexibility index (Phi) is 4.75. The molecule has 10 heteroatoms. The summed E-state index contributed by atoms with van der Waals surface area (Å²) in [5.74, 6) is -2.17. The van der Waals surface area contributed by atoms with Crippen LogP contribution in [0, 0.1) is 0 Å². The highest BCUT2D eigenvalue weighted by atomic mass is 32.1. The van der Waals surface area contributed by atoms with Crippen molar-refractivity contribution in [1.29, 1.82) is 0 Å². The minimum atomic E-state index is -1.39. The Balaban J connectivity index is 2.86. The van der Waals surface area contributed by atoms with Gasteiger partial charge >= 0.3 is 5.97 Å². The van der Waals surface area contributed by atoms with Crippen LogP contribution in [0.15, 0.2) is 10.5 Å². The summed E-state index contributed by atoms with van der Waals surface area (Å²) in [5, 5.41) is 16.0. The van der Waals surface area contributed by atoms with E-state index in [4.69, 9.17) is 10.8 Å². The number of carboxylic acids is 1. The summed E-state index contributed by atoms with van der Waals surface area (Å²) in [6.07, 6.45) is 0.407. The maximum Gasteiger partial charge on any atom is 0.360 e. The van der Waals surface area contributed by atoms with Crippen molar-refractivity contribution >= 4 is 40.5 Å². The fourth-order valence-corrected chi connectivity index (χ4v) is 1.51. The largest absolute Gasteiger partial charge is 0.476 e. The first-order valence-electron chi connectivity index (χ1n) is 4.42. The standard InChI is InChI=1S/C8H8N4O5S/c9-5(14)1-17-12-6(7(15)16)4-2-18-8(11-4)10-3-13/h2-3H,1H2,(H2,9,14)(H,15,16)(H,10,11,13). The SMILES string of the molecule is NC(=O)CON=C(C(=O)O)c1csc(NC=O)n1. The monoisotopic (exact) mass is 272 g/mol. The van der Waals surface area contributed by atoms with Crippen LogP contribution < -0.4 is 11.1 Å². The van der Waals surface area contributed by atoms with E-state index in [9.17, 15) is 14.4 Å². The number of thiazole rings is 1. The number of carbonyl (C=O) groups is 3. The summed E-state index contributed by atoms with van der Waals surface area (Å²) in [6, 6.07) is 0. The number of aromatic nitrogens is 1. The number of hydrogen-bond acceptors (Lipinski definition) is 7. The van der Waals surface area contributed by atoms with Crippen molar-refractivity contribution in [3.63, 3.8) is 0 Å². The number of anilines is 1. The van der Waals surface area contributed by atoms with Gasteiger partial charge in [-0.15, -0.1) is 11.3 Å². The van der Waals surface area contributed by atoms with Crippen molar-refractivity contribution < 1.29 is 24.3 Å². The van der Waals surface area contributed by atoms with Gasteiger partial charge < -0.3 is 21.0 Å². The van der Waals surface area contributed by atoms with Crippen LogP contribution in [0.25, 0.3) is 0 Å². The van der Waals surface area contributed by atoms with Crippen LogP contribution in [-0.4, -0.2) is 40.7 Å². The number of rotatable bonds is 7. The number of aliphatic carboxylic acids is 1. The predicted molar refractivity (Wildman–Crippen MR) is 61.1 cm³/mol. The lowest BCUT2D eigenvalue weighted by Crippen LogP contribution is -2.19. The number of nitrogens with two attached hydrogens (primary N) is 1. The highest BCUT2D eigenvalue weighted by Crippen LogP contribution is 2.15. The molecule has 0 saturated heterocycles. The fourth-order valence-electron chi connectivity index (χ4n) is 0.855. The van der Waals surface area contributed by atoms with E-state index in [0.29, 0.717) is 6.41 Å². The molecule has 9 nitrogen and oxygen atoms in total. The Hall–Kier alpha value is -2.49. The van der Waals surface area contributed by atoms with Gasteiger partial charge in [-0.2, -0.15) is 0 Å². The number of amides is 2. The molecule has 96 valence electrons. The Morgan fingerprint density at radius 1 is 1.67 bits per heavy atom. The molecule has 0 atom stereocenters. The number of hydrogen-bond donors (Lipinski definition) is 3. The van der Waals surface area contributed by atoms with E-state index in [0.717, 1.165) is 11.3 Å². The number of carbonyl (C=O) groups excluding carboxylic acids is 2. The van der Waals surface area contributed by atoms with Gasteiger partial charge in [0, 0.05) is 5.38 Å². The Morgan fingerprint density at radius 3 is 2.94 bits per heavy atom. The molecule has 0 aliphatic heterocycles. The van der Waals surface area contributed by atoms with Crippen LogP contribution in [-0.2, 0) is 19.2 Å². The normalized spacial score (nSPS) is 10.8. The van der Waals surface area contributed by atoms with Crippen molar-refractivity contribution in [2.75, 3.05) is 11.9 Å². The zero-order valence-corrected chi connectivity index (χ0v) is 9.64. The molecular formula is C8H8N4O5S. The molecule has 0 radical (unpaired) electrons. The maximum absolute atomic E-state index is 10.9. The maximum atomic E-state index is 10.9. The van der Waals surface area contributed by atoms with E-state index >= 15 is 0 Å². The third-order valence-electron chi connectivity index (χ3n) is 1.49. The number of oxime groups is 1. The molecule has 0 aromatic carbocycles. The Morgan fingerprint density at radius 2 is 2.39 bits per heavy atom. The van der Waals surface area contributed by atoms with Crippen LogP contribution >= 0.6 is 11.3 Å². The van der Waals surface area contributed by atoms with Gasteiger partial charge in [0.05, 0.1) is 0 Å². The average Bonchev–Trinajstić information content (AvgIpc) is 2.72. The fraction of sp³-hybridized carbons (Fsp3) is 0.125. The van der Waals surface area contributed by atoms with E-state index in [-0.39, 0.29) is 10.8 Å². The molecule has 0 fully saturated rings. The molecule has 0 aliphatic carbocycles. The first-order chi connectivity index (χ1) is 8.54. The molecular weight excluding hydrogens is 264 g/mol. The number of primary amides is 1. The first-order valence-corrected chi connectivity index (χ1v) is 5.30. The number of nitrogens with zero attached hydrogens (tertiary/aromatic N) is 2. The number of nitrogens with one attached hydrogen (secondary N) is 1. The van der Waals surface area contributed by atoms with Gasteiger partial charge in [0.15, 0.2) is 11.7 Å². The summed E-state index contributed by atoms with van der Waals surface area (Å²) in [4.78, 5) is 39.7. The van der Waals surface area contributed by atoms with Crippen molar-refractivity contribution in [2.45, 2.75) is 0 Å². The summed E-state index contributed by atoms with van der Waals surface area (Å²) in [6.45, 7) is -0.541. The summed E-state index contributed by atoms with van der Waals surface area (Å²) < 4.78 is 0. The zero-order valence-electron chi connectivity index (χ0n) is 8.82. The molecule has 1 rings (SSSR count). The van der Waals surface area contributed by atoms with E-state index in [1.165, 1.54) is 5.38 Å². The Labute approximate surface area is 104 Å². The molecule has 4 N–H and O–H groups in total. The van der Waals surface area contributed by atoms with Crippen LogP contribution in [0.4, 0.5) is 5.13 Å². The molecule has 0 unspecified atom stereocenters. The lowest BCUT2D eigenvalue weighted by atomic mass is 10.3. The molecule has 1 heterocycles. The van der Waals surface area contributed by atoms with Crippen LogP contribution in [0.3, 0.4) is 0 Å². The predicted octanol–water partition coefficient (Wildman–Crippen LogP) is -0.998. The highest BCUT2D eigenvalue weighted by Gasteiger charge is 2.17. The van der Waals surface area contributed by atoms with E-state index in [2.05, 4.69) is 20.3 Å². The topological polar surface area (TPSA) is 144 Å². The minimum Gasteiger partial charge on any atom is -0.476 e. The first kappa shape index (κ1) is 13.6. The average molecular weight is 272 g/mol. The van der Waals surface area contributed by atoms with Crippen molar-refractivity contribution in [2.24, 2.45) is 10.9 Å². The van der Waals surface area contributed by atoms with Gasteiger partial charge in [-0.25, -0.2) is 9.78 Å². The minimum absolute atomic E-state index is 0.00122. The second-order valence-electron chi connectivity index (χ2n) is 2.78. The highest BCUT2D eigenvalue weighted by molar-refractivity contribution is 7.14. The molecule has 1 aromatic rings. The Bertz CT molecular complexity index is 497. The molecule has 18 heavy (non-hydrogen) atoms. The van der Waals surface area contributed by atoms with Crippen molar-refractivity contribution in [1.82, 2.24) is 4.98 Å². The lowest BCUT2D eigenvalue weighted by molar-refractivity contribution is -0.130. The molecule has 0 aliphatic rings. The van der Waals surface area contributed by atoms with Crippen molar-refractivity contribution in [3.8, 4) is 0 Å². The second kappa shape index (κ2) is 6.30. The van der Waals surface area contributed by atoms with Gasteiger partial charge in [0.2, 0.25) is 12.1 Å². The summed E-state index contributed by atoms with van der Waals surface area (Å²) in [7, 11) is 0. The summed E-state index contributed by atoms with van der Waals surface area (Å²) >= 11 is 1.01. The smallest absolute Gasteiger partial charge is 0.360 e. The molecule has 0 saturated carbocycles.